The summed E-state index contributed by atoms with van der Waals surface area (Å²) >= 11 is 0. The number of ether oxygens (including phenoxy) is 4. The van der Waals surface area contributed by atoms with Crippen molar-refractivity contribution in [2.45, 2.75) is 108 Å². The first-order chi connectivity index (χ1) is 40.8. The van der Waals surface area contributed by atoms with E-state index in [0.29, 0.717) is 60.9 Å². The molecule has 0 saturated heterocycles. The Kier molecular flexibility index (Phi) is 17.5. The Morgan fingerprint density at radius 3 is 1.85 bits per heavy atom. The number of anilines is 5. The molecule has 5 unspecified atom stereocenters. The Morgan fingerprint density at radius 2 is 1.20 bits per heavy atom. The van der Waals surface area contributed by atoms with Gasteiger partial charge in [-0.25, -0.2) is 27.5 Å². The summed E-state index contributed by atoms with van der Waals surface area (Å²) in [4.78, 5) is 10.2. The molecule has 0 amide bonds. The molecule has 8 aromatic rings. The third-order valence-corrected chi connectivity index (χ3v) is 17.3. The van der Waals surface area contributed by atoms with Crippen LogP contribution in [0.2, 0.25) is 0 Å². The van der Waals surface area contributed by atoms with E-state index in [9.17, 15) is 17.6 Å². The Labute approximate surface area is 487 Å². The summed E-state index contributed by atoms with van der Waals surface area (Å²) < 4.78 is 86.9. The van der Waals surface area contributed by atoms with Gasteiger partial charge in [0.2, 0.25) is 0 Å². The zero-order chi connectivity index (χ0) is 58.8. The van der Waals surface area contributed by atoms with Gasteiger partial charge in [0.25, 0.3) is 0 Å². The standard InChI is InChI=1S/C65H75F4N11O4/c1-9-47-50-27-39(14-21-57(50)78(4)64(47)74-37(2)73-44-16-24-61(83-7)62(32-44)84-8)72-34-46(82-6)36-80-59-23-15-40(28-52(59)49-18-25-63(77-65(49)80)76-42-12-20-54(67)56(69)30-42)71-33-45(81-5)35-79-58-22-13-38(70-3)26-51(58)48-17-10-43(31-60(48)79)75-41-11-19-53(66)55(68)29-41/h9-12,16-20,24-25,29-32,38-40,45-46,70-72,75H,1,13-15,21-23,26-28,33-36H2,2-8H3,(H,73,74)(H,76,77). The second kappa shape index (κ2) is 25.3. The van der Waals surface area contributed by atoms with Crippen molar-refractivity contribution >= 4 is 68.2 Å². The molecular formula is C65H75F4N11O4. The molecule has 442 valence electrons. The van der Waals surface area contributed by atoms with Gasteiger partial charge in [-0.1, -0.05) is 18.7 Å². The van der Waals surface area contributed by atoms with Crippen LogP contribution in [0.1, 0.15) is 65.5 Å². The summed E-state index contributed by atoms with van der Waals surface area (Å²) in [5.41, 5.74) is 12.9. The molecular weight excluding hydrogens is 1070 g/mol. The first kappa shape index (κ1) is 58.1. The molecule has 0 spiro atoms. The third-order valence-electron chi connectivity index (χ3n) is 17.3. The molecule has 3 aliphatic carbocycles. The molecule has 11 rings (SSSR count). The van der Waals surface area contributed by atoms with Gasteiger partial charge in [-0.05, 0) is 149 Å². The molecule has 4 aromatic heterocycles. The Morgan fingerprint density at radius 1 is 0.643 bits per heavy atom. The van der Waals surface area contributed by atoms with Crippen molar-refractivity contribution in [1.82, 2.24) is 34.6 Å². The van der Waals surface area contributed by atoms with Crippen LogP contribution >= 0.6 is 0 Å². The van der Waals surface area contributed by atoms with E-state index in [1.54, 1.807) is 28.4 Å². The third kappa shape index (κ3) is 12.0. The molecule has 4 aromatic carbocycles. The molecule has 3 aliphatic rings. The lowest BCUT2D eigenvalue weighted by molar-refractivity contribution is 0.0827. The van der Waals surface area contributed by atoms with Crippen LogP contribution in [0.3, 0.4) is 0 Å². The fourth-order valence-corrected chi connectivity index (χ4v) is 12.9. The number of pyridine rings is 1. The van der Waals surface area contributed by atoms with E-state index in [-0.39, 0.29) is 24.3 Å². The monoisotopic (exact) mass is 1150 g/mol. The predicted molar refractivity (Wildman–Crippen MR) is 326 cm³/mol. The molecule has 5 atom stereocenters. The van der Waals surface area contributed by atoms with Crippen molar-refractivity contribution in [3.8, 4) is 11.5 Å². The average molecular weight is 1150 g/mol. The van der Waals surface area contributed by atoms with Gasteiger partial charge in [-0.3, -0.25) is 0 Å². The van der Waals surface area contributed by atoms with E-state index in [2.05, 4.69) is 77.4 Å². The number of methoxy groups -OCH3 is 4. The van der Waals surface area contributed by atoms with E-state index >= 15 is 0 Å². The largest absolute Gasteiger partial charge is 0.493 e. The van der Waals surface area contributed by atoms with Gasteiger partial charge in [0.1, 0.15) is 23.1 Å². The van der Waals surface area contributed by atoms with Gasteiger partial charge in [0.05, 0.1) is 45.0 Å². The van der Waals surface area contributed by atoms with Crippen LogP contribution in [0.5, 0.6) is 11.5 Å². The second-order valence-corrected chi connectivity index (χ2v) is 22.3. The predicted octanol–water partition coefficient (Wildman–Crippen LogP) is 11.6. The lowest BCUT2D eigenvalue weighted by Gasteiger charge is -2.29. The average Bonchev–Trinajstić information content (AvgIpc) is 4.31. The number of rotatable bonds is 22. The number of hydrogen-bond donors (Lipinski definition) is 6. The maximum absolute atomic E-state index is 14.4. The summed E-state index contributed by atoms with van der Waals surface area (Å²) in [7, 11) is 10.8. The number of fused-ring (bicyclic) bond motifs is 7. The van der Waals surface area contributed by atoms with Crippen LogP contribution in [-0.4, -0.2) is 103 Å². The van der Waals surface area contributed by atoms with Crippen LogP contribution in [0.4, 0.5) is 51.9 Å². The van der Waals surface area contributed by atoms with E-state index in [1.165, 1.54) is 57.4 Å². The van der Waals surface area contributed by atoms with Crippen molar-refractivity contribution in [2.75, 3.05) is 64.5 Å². The van der Waals surface area contributed by atoms with Crippen LogP contribution in [0, 0.1) is 23.3 Å². The number of benzene rings is 4. The quantitative estimate of drug-likeness (QED) is 0.0219. The number of hydrogen-bond acceptors (Lipinski definition) is 11. The minimum Gasteiger partial charge on any atom is -0.493 e. The SMILES string of the molecule is C=Cc1c2c(n(C)c1N=C(C)Nc1ccc(OC)c(OC)c1)CCC(NCC(Cn1c3c(c4ccc(Nc5ccc(F)c(F)c5)nc41)CC(NCC(Cn1c4c(c5ccc(Nc6ccc(F)c(F)c6)cc51)CC(NC)CC4)OC)CC3)OC)C2. The molecule has 4 heterocycles. The van der Waals surface area contributed by atoms with Crippen molar-refractivity contribution in [3.05, 3.63) is 154 Å². The molecule has 0 fully saturated rings. The smallest absolute Gasteiger partial charge is 0.162 e. The lowest BCUT2D eigenvalue weighted by Crippen LogP contribution is -2.42. The van der Waals surface area contributed by atoms with Crippen LogP contribution in [0.15, 0.2) is 96.5 Å². The lowest BCUT2D eigenvalue weighted by atomic mass is 9.90. The Bertz CT molecular complexity index is 3760. The molecule has 6 N–H and O–H groups in total. The zero-order valence-corrected chi connectivity index (χ0v) is 48.8. The number of halogens is 4. The van der Waals surface area contributed by atoms with Crippen molar-refractivity contribution < 1.29 is 36.5 Å². The highest BCUT2D eigenvalue weighted by Crippen LogP contribution is 2.39. The fourth-order valence-electron chi connectivity index (χ4n) is 12.9. The van der Waals surface area contributed by atoms with E-state index in [1.807, 2.05) is 50.4 Å². The maximum atomic E-state index is 14.4. The highest BCUT2D eigenvalue weighted by Gasteiger charge is 2.32. The van der Waals surface area contributed by atoms with Crippen LogP contribution in [-0.2, 0) is 68.1 Å². The Hall–Kier alpha value is -7.68. The summed E-state index contributed by atoms with van der Waals surface area (Å²) in [6.07, 6.45) is 9.42. The number of aromatic nitrogens is 4. The van der Waals surface area contributed by atoms with Gasteiger partial charge >= 0.3 is 0 Å². The van der Waals surface area contributed by atoms with Gasteiger partial charge < -0.3 is 64.5 Å². The molecule has 0 bridgehead atoms. The highest BCUT2D eigenvalue weighted by molar-refractivity contribution is 5.96. The molecule has 0 saturated carbocycles. The Balaban J connectivity index is 0.806. The van der Waals surface area contributed by atoms with Crippen molar-refractivity contribution in [3.63, 3.8) is 0 Å². The topological polar surface area (TPSA) is 149 Å². The van der Waals surface area contributed by atoms with E-state index < -0.39 is 23.3 Å². The van der Waals surface area contributed by atoms with Gasteiger partial charge in [0.15, 0.2) is 34.8 Å². The van der Waals surface area contributed by atoms with Gasteiger partial charge in [-0.15, -0.1) is 0 Å². The molecule has 84 heavy (non-hydrogen) atoms. The number of nitrogens with one attached hydrogen (secondary N) is 6. The number of likely N-dealkylation sites (N-methyl/N-ethyl adjacent to an activating group) is 1. The van der Waals surface area contributed by atoms with Crippen molar-refractivity contribution in [1.29, 1.82) is 0 Å². The van der Waals surface area contributed by atoms with Crippen molar-refractivity contribution in [2.24, 2.45) is 12.0 Å². The first-order valence-corrected chi connectivity index (χ1v) is 28.9. The normalized spacial score (nSPS) is 17.6. The zero-order valence-electron chi connectivity index (χ0n) is 48.8. The van der Waals surface area contributed by atoms with E-state index in [4.69, 9.17) is 28.9 Å². The van der Waals surface area contributed by atoms with Crippen LogP contribution < -0.4 is 41.4 Å². The van der Waals surface area contributed by atoms with Crippen LogP contribution in [0.25, 0.3) is 28.0 Å². The fraction of sp³-hybridized carbons (Fsp3) is 0.385. The molecule has 15 nitrogen and oxygen atoms in total. The number of nitrogens with zero attached hydrogens (tertiary/aromatic N) is 5. The molecule has 0 aliphatic heterocycles. The number of amidine groups is 1. The van der Waals surface area contributed by atoms with E-state index in [0.717, 1.165) is 121 Å². The molecule has 0 radical (unpaired) electrons. The van der Waals surface area contributed by atoms with Gasteiger partial charge in [0, 0.05) is 127 Å². The summed E-state index contributed by atoms with van der Waals surface area (Å²) in [5.74, 6) is -0.287. The minimum atomic E-state index is -0.942. The second-order valence-electron chi connectivity index (χ2n) is 22.3. The molecule has 19 heteroatoms. The highest BCUT2D eigenvalue weighted by atomic mass is 19.2. The van der Waals surface area contributed by atoms with Gasteiger partial charge in [-0.2, -0.15) is 0 Å². The minimum absolute atomic E-state index is 0.145. The first-order valence-electron chi connectivity index (χ1n) is 28.9. The summed E-state index contributed by atoms with van der Waals surface area (Å²) in [6, 6.07) is 24.2. The summed E-state index contributed by atoms with van der Waals surface area (Å²) in [5, 5.41) is 23.4. The maximum Gasteiger partial charge on any atom is 0.162 e. The summed E-state index contributed by atoms with van der Waals surface area (Å²) in [6.45, 7) is 8.54. The number of aliphatic imine (C=N–C) groups is 1.